The van der Waals surface area contributed by atoms with E-state index in [2.05, 4.69) is 28.6 Å². The van der Waals surface area contributed by atoms with Crippen LogP contribution >= 0.6 is 12.6 Å². The number of nitrogens with two attached hydrogens (primary N) is 2. The predicted molar refractivity (Wildman–Crippen MR) is 112 cm³/mol. The number of aliphatic hydroxyl groups excluding tert-OH is 1. The minimum atomic E-state index is -1.45. The van der Waals surface area contributed by atoms with Crippen LogP contribution in [0.15, 0.2) is 0 Å². The lowest BCUT2D eigenvalue weighted by atomic mass is 10.1. The molecule has 0 heterocycles. The smallest absolute Gasteiger partial charge is 0.327 e. The lowest BCUT2D eigenvalue weighted by Crippen LogP contribution is -2.58. The van der Waals surface area contributed by atoms with E-state index < -0.39 is 60.4 Å². The summed E-state index contributed by atoms with van der Waals surface area (Å²) in [7, 11) is 0. The van der Waals surface area contributed by atoms with E-state index in [1.54, 1.807) is 0 Å². The molecule has 4 atom stereocenters. The third-order valence-corrected chi connectivity index (χ3v) is 4.56. The van der Waals surface area contributed by atoms with Gasteiger partial charge in [0, 0.05) is 12.2 Å². The molecule has 0 aliphatic rings. The van der Waals surface area contributed by atoms with Crippen LogP contribution in [0.2, 0.25) is 0 Å². The van der Waals surface area contributed by atoms with Crippen LogP contribution in [-0.2, 0) is 24.0 Å². The highest BCUT2D eigenvalue weighted by molar-refractivity contribution is 7.80. The first-order valence-corrected chi connectivity index (χ1v) is 10.2. The number of hydrogen-bond acceptors (Lipinski definition) is 9. The second-order valence-corrected chi connectivity index (χ2v) is 7.08. The highest BCUT2D eigenvalue weighted by Gasteiger charge is 2.29. The Bertz CT molecular complexity index is 636. The number of aliphatic hydroxyl groups is 1. The van der Waals surface area contributed by atoms with E-state index in [0.717, 1.165) is 0 Å². The summed E-state index contributed by atoms with van der Waals surface area (Å²) in [4.78, 5) is 58.6. The molecule has 0 fully saturated rings. The molecule has 0 radical (unpaired) electrons. The zero-order valence-corrected chi connectivity index (χ0v) is 17.8. The van der Waals surface area contributed by atoms with Crippen LogP contribution in [0.25, 0.3) is 0 Å². The number of carbonyl (C=O) groups excluding carboxylic acids is 3. The van der Waals surface area contributed by atoms with E-state index >= 15 is 0 Å². The van der Waals surface area contributed by atoms with Gasteiger partial charge in [0.1, 0.15) is 18.1 Å². The number of carboxylic acid groups (broad SMARTS) is 2. The molecular formula is C17H31N5O8S. The molecule has 0 spiro atoms. The molecule has 178 valence electrons. The van der Waals surface area contributed by atoms with Gasteiger partial charge in [-0.3, -0.25) is 19.2 Å². The fourth-order valence-electron chi connectivity index (χ4n) is 2.37. The van der Waals surface area contributed by atoms with Crippen molar-refractivity contribution >= 4 is 42.3 Å². The number of rotatable bonds is 16. The van der Waals surface area contributed by atoms with Gasteiger partial charge in [-0.05, 0) is 32.2 Å². The van der Waals surface area contributed by atoms with Gasteiger partial charge in [0.2, 0.25) is 17.7 Å². The van der Waals surface area contributed by atoms with Crippen molar-refractivity contribution in [2.75, 3.05) is 18.9 Å². The highest BCUT2D eigenvalue weighted by atomic mass is 32.1. The van der Waals surface area contributed by atoms with Crippen molar-refractivity contribution in [3.05, 3.63) is 0 Å². The van der Waals surface area contributed by atoms with Gasteiger partial charge < -0.3 is 42.7 Å². The van der Waals surface area contributed by atoms with Crippen LogP contribution in [0.4, 0.5) is 0 Å². The second-order valence-electron chi connectivity index (χ2n) is 6.71. The molecule has 0 rings (SSSR count). The molecular weight excluding hydrogens is 434 g/mol. The maximum Gasteiger partial charge on any atom is 0.327 e. The van der Waals surface area contributed by atoms with E-state index in [4.69, 9.17) is 21.7 Å². The van der Waals surface area contributed by atoms with Crippen LogP contribution in [-0.4, -0.2) is 88.1 Å². The summed E-state index contributed by atoms with van der Waals surface area (Å²) in [5.41, 5.74) is 11.0. The number of unbranched alkanes of at least 4 members (excludes halogenated alkanes) is 1. The molecule has 31 heavy (non-hydrogen) atoms. The van der Waals surface area contributed by atoms with E-state index in [0.29, 0.717) is 19.4 Å². The third kappa shape index (κ3) is 11.5. The molecule has 0 aromatic heterocycles. The van der Waals surface area contributed by atoms with E-state index in [9.17, 15) is 29.1 Å². The Morgan fingerprint density at radius 3 is 1.87 bits per heavy atom. The van der Waals surface area contributed by atoms with Gasteiger partial charge in [0.05, 0.1) is 12.6 Å². The van der Waals surface area contributed by atoms with Gasteiger partial charge in [0.15, 0.2) is 0 Å². The van der Waals surface area contributed by atoms with E-state index in [1.807, 2.05) is 0 Å². The average molecular weight is 466 g/mol. The Balaban J connectivity index is 5.12. The number of amides is 3. The first kappa shape index (κ1) is 28.6. The van der Waals surface area contributed by atoms with E-state index in [1.165, 1.54) is 0 Å². The lowest BCUT2D eigenvalue weighted by Gasteiger charge is -2.24. The summed E-state index contributed by atoms with van der Waals surface area (Å²) in [5.74, 6) is -5.13. The van der Waals surface area contributed by atoms with Crippen molar-refractivity contribution in [1.29, 1.82) is 0 Å². The molecule has 4 unspecified atom stereocenters. The zero-order valence-electron chi connectivity index (χ0n) is 17.0. The summed E-state index contributed by atoms with van der Waals surface area (Å²) in [6.45, 7) is -0.463. The fraction of sp³-hybridized carbons (Fsp3) is 0.706. The van der Waals surface area contributed by atoms with Gasteiger partial charge in [-0.2, -0.15) is 12.6 Å². The van der Waals surface area contributed by atoms with Gasteiger partial charge in [-0.1, -0.05) is 0 Å². The minimum absolute atomic E-state index is 0.137. The van der Waals surface area contributed by atoms with Crippen molar-refractivity contribution in [1.82, 2.24) is 16.0 Å². The summed E-state index contributed by atoms with van der Waals surface area (Å²) < 4.78 is 0. The Morgan fingerprint density at radius 1 is 0.839 bits per heavy atom. The molecule has 0 saturated heterocycles. The first-order chi connectivity index (χ1) is 14.6. The predicted octanol–water partition coefficient (Wildman–Crippen LogP) is -3.23. The summed E-state index contributed by atoms with van der Waals surface area (Å²) in [6.07, 6.45) is 0.601. The Hall–Kier alpha value is -2.42. The third-order valence-electron chi connectivity index (χ3n) is 4.20. The number of nitrogens with one attached hydrogen (secondary N) is 3. The SMILES string of the molecule is NCCCCC(NC(=O)C(CO)NC(=O)C(N)CCC(=O)O)C(=O)NC(CS)C(=O)O. The lowest BCUT2D eigenvalue weighted by molar-refractivity contribution is -0.141. The second kappa shape index (κ2) is 15.4. The Labute approximate surface area is 184 Å². The Morgan fingerprint density at radius 2 is 1.39 bits per heavy atom. The largest absolute Gasteiger partial charge is 0.481 e. The van der Waals surface area contributed by atoms with E-state index in [-0.39, 0.29) is 25.0 Å². The topological polar surface area (TPSA) is 234 Å². The van der Waals surface area contributed by atoms with Gasteiger partial charge in [0.25, 0.3) is 0 Å². The maximum atomic E-state index is 12.5. The number of hydrogen-bond donors (Lipinski definition) is 9. The van der Waals surface area contributed by atoms with Crippen molar-refractivity contribution in [3.63, 3.8) is 0 Å². The van der Waals surface area contributed by atoms with Gasteiger partial charge >= 0.3 is 11.9 Å². The zero-order chi connectivity index (χ0) is 24.0. The molecule has 3 amide bonds. The van der Waals surface area contributed by atoms with Crippen LogP contribution in [0.1, 0.15) is 32.1 Å². The number of carbonyl (C=O) groups is 5. The van der Waals surface area contributed by atoms with Crippen molar-refractivity contribution in [2.24, 2.45) is 11.5 Å². The van der Waals surface area contributed by atoms with Gasteiger partial charge in [-0.25, -0.2) is 4.79 Å². The van der Waals surface area contributed by atoms with Crippen molar-refractivity contribution in [3.8, 4) is 0 Å². The van der Waals surface area contributed by atoms with Gasteiger partial charge in [-0.15, -0.1) is 0 Å². The molecule has 0 saturated carbocycles. The maximum absolute atomic E-state index is 12.5. The van der Waals surface area contributed by atoms with Crippen LogP contribution in [0.3, 0.4) is 0 Å². The quantitative estimate of drug-likeness (QED) is 0.0816. The van der Waals surface area contributed by atoms with Crippen molar-refractivity contribution < 1.29 is 39.3 Å². The number of aliphatic carboxylic acids is 2. The first-order valence-electron chi connectivity index (χ1n) is 9.60. The molecule has 0 aliphatic carbocycles. The molecule has 13 nitrogen and oxygen atoms in total. The number of carboxylic acids is 2. The van der Waals surface area contributed by atoms with Crippen LogP contribution in [0, 0.1) is 0 Å². The average Bonchev–Trinajstić information content (AvgIpc) is 2.72. The standard InChI is InChI=1S/C17H31N5O8S/c18-6-2-1-3-10(15(27)22-12(8-31)17(29)30)20-16(28)11(7-23)21-14(26)9(19)4-5-13(24)25/h9-12,23,31H,1-8,18-19H2,(H,20,28)(H,21,26)(H,22,27)(H,24,25)(H,29,30). The summed E-state index contributed by atoms with van der Waals surface area (Å²) in [6, 6.07) is -5.08. The number of thiol groups is 1. The summed E-state index contributed by atoms with van der Waals surface area (Å²) in [5, 5.41) is 34.0. The fourth-order valence-corrected chi connectivity index (χ4v) is 2.62. The molecule has 0 bridgehead atoms. The molecule has 0 aliphatic heterocycles. The molecule has 0 aromatic rings. The normalized spacial score (nSPS) is 14.6. The Kier molecular flexibility index (Phi) is 14.2. The van der Waals surface area contributed by atoms with Crippen LogP contribution < -0.4 is 27.4 Å². The molecule has 14 heteroatoms. The molecule has 0 aromatic carbocycles. The van der Waals surface area contributed by atoms with Crippen molar-refractivity contribution in [2.45, 2.75) is 56.3 Å². The summed E-state index contributed by atoms with van der Waals surface area (Å²) >= 11 is 3.86. The monoisotopic (exact) mass is 465 g/mol. The minimum Gasteiger partial charge on any atom is -0.481 e. The highest BCUT2D eigenvalue weighted by Crippen LogP contribution is 2.04. The molecule has 10 N–H and O–H groups in total. The van der Waals surface area contributed by atoms with Crippen LogP contribution in [0.5, 0.6) is 0 Å².